The zero-order valence-corrected chi connectivity index (χ0v) is 12.5. The molecular formula is C12H15N3O3S2. The van der Waals surface area contributed by atoms with Crippen molar-refractivity contribution in [3.8, 4) is 6.07 Å². The molecule has 8 heteroatoms. The van der Waals surface area contributed by atoms with E-state index in [1.807, 2.05) is 6.07 Å². The standard InChI is InChI=1S/C12H15N3O3S2/c13-9-10-3-4-12(19-10)20(17,18)14-6-5-11(16)15-7-1-2-8-15/h3-4,14H,1-2,5-8H2. The van der Waals surface area contributed by atoms with Gasteiger partial charge in [0.25, 0.3) is 0 Å². The van der Waals surface area contributed by atoms with Gasteiger partial charge in [-0.25, -0.2) is 13.1 Å². The highest BCUT2D eigenvalue weighted by molar-refractivity contribution is 7.91. The van der Waals surface area contributed by atoms with Gasteiger partial charge < -0.3 is 4.90 Å². The van der Waals surface area contributed by atoms with Crippen LogP contribution in [0.3, 0.4) is 0 Å². The average molecular weight is 313 g/mol. The third kappa shape index (κ3) is 3.56. The molecule has 2 heterocycles. The number of sulfonamides is 1. The first-order valence-corrected chi connectivity index (χ1v) is 8.60. The van der Waals surface area contributed by atoms with Gasteiger partial charge in [0.05, 0.1) is 0 Å². The van der Waals surface area contributed by atoms with E-state index in [0.717, 1.165) is 37.3 Å². The van der Waals surface area contributed by atoms with Crippen molar-refractivity contribution >= 4 is 27.3 Å². The van der Waals surface area contributed by atoms with E-state index in [-0.39, 0.29) is 23.1 Å². The van der Waals surface area contributed by atoms with E-state index in [4.69, 9.17) is 5.26 Å². The summed E-state index contributed by atoms with van der Waals surface area (Å²) in [4.78, 5) is 13.9. The summed E-state index contributed by atoms with van der Waals surface area (Å²) in [7, 11) is -3.62. The van der Waals surface area contributed by atoms with Crippen LogP contribution in [0.4, 0.5) is 0 Å². The Morgan fingerprint density at radius 1 is 1.40 bits per heavy atom. The van der Waals surface area contributed by atoms with Gasteiger partial charge in [-0.15, -0.1) is 11.3 Å². The number of carbonyl (C=O) groups is 1. The molecule has 0 spiro atoms. The van der Waals surface area contributed by atoms with Crippen LogP contribution in [0.5, 0.6) is 0 Å². The highest BCUT2D eigenvalue weighted by Gasteiger charge is 2.20. The lowest BCUT2D eigenvalue weighted by Gasteiger charge is -2.14. The van der Waals surface area contributed by atoms with E-state index in [1.54, 1.807) is 4.90 Å². The van der Waals surface area contributed by atoms with Crippen molar-refractivity contribution < 1.29 is 13.2 Å². The molecule has 0 unspecified atom stereocenters. The molecule has 0 radical (unpaired) electrons. The van der Waals surface area contributed by atoms with Crippen molar-refractivity contribution in [2.24, 2.45) is 0 Å². The minimum Gasteiger partial charge on any atom is -0.343 e. The van der Waals surface area contributed by atoms with Crippen LogP contribution in [-0.4, -0.2) is 38.9 Å². The summed E-state index contributed by atoms with van der Waals surface area (Å²) in [5, 5.41) is 8.68. The maximum atomic E-state index is 11.9. The zero-order valence-electron chi connectivity index (χ0n) is 10.8. The lowest BCUT2D eigenvalue weighted by Crippen LogP contribution is -2.32. The Morgan fingerprint density at radius 2 is 2.10 bits per heavy atom. The fourth-order valence-electron chi connectivity index (χ4n) is 2.01. The summed E-state index contributed by atoms with van der Waals surface area (Å²) >= 11 is 0.917. The van der Waals surface area contributed by atoms with Crippen LogP contribution in [0.1, 0.15) is 24.1 Å². The van der Waals surface area contributed by atoms with Gasteiger partial charge >= 0.3 is 0 Å². The molecule has 1 aromatic heterocycles. The fourth-order valence-corrected chi connectivity index (χ4v) is 4.19. The van der Waals surface area contributed by atoms with E-state index in [9.17, 15) is 13.2 Å². The molecule has 1 aliphatic rings. The van der Waals surface area contributed by atoms with Gasteiger partial charge in [0.2, 0.25) is 15.9 Å². The van der Waals surface area contributed by atoms with Gasteiger partial charge in [-0.3, -0.25) is 4.79 Å². The number of nitrogens with one attached hydrogen (secondary N) is 1. The average Bonchev–Trinajstić information content (AvgIpc) is 3.10. The Labute approximate surface area is 122 Å². The first-order chi connectivity index (χ1) is 9.53. The summed E-state index contributed by atoms with van der Waals surface area (Å²) in [6.45, 7) is 1.61. The summed E-state index contributed by atoms with van der Waals surface area (Å²) in [5.74, 6) is -0.0194. The minimum atomic E-state index is -3.62. The molecule has 0 bridgehead atoms. The van der Waals surface area contributed by atoms with E-state index in [2.05, 4.69) is 4.72 Å². The maximum absolute atomic E-state index is 11.9. The Kier molecular flexibility index (Phi) is 4.75. The number of hydrogen-bond donors (Lipinski definition) is 1. The molecule has 0 atom stereocenters. The molecule has 2 rings (SSSR count). The van der Waals surface area contributed by atoms with Gasteiger partial charge in [-0.05, 0) is 25.0 Å². The fraction of sp³-hybridized carbons (Fsp3) is 0.500. The largest absolute Gasteiger partial charge is 0.343 e. The van der Waals surface area contributed by atoms with Gasteiger partial charge in [0, 0.05) is 26.1 Å². The molecule has 1 aliphatic heterocycles. The molecule has 108 valence electrons. The Morgan fingerprint density at radius 3 is 2.70 bits per heavy atom. The number of nitrogens with zero attached hydrogens (tertiary/aromatic N) is 2. The summed E-state index contributed by atoms with van der Waals surface area (Å²) in [6.07, 6.45) is 2.20. The smallest absolute Gasteiger partial charge is 0.250 e. The second-order valence-corrected chi connectivity index (χ2v) is 7.54. The molecule has 6 nitrogen and oxygen atoms in total. The molecule has 1 saturated heterocycles. The summed E-state index contributed by atoms with van der Waals surface area (Å²) in [6, 6.07) is 4.76. The van der Waals surface area contributed by atoms with Crippen molar-refractivity contribution in [1.29, 1.82) is 5.26 Å². The molecule has 0 saturated carbocycles. The van der Waals surface area contributed by atoms with E-state index in [0.29, 0.717) is 4.88 Å². The Hall–Kier alpha value is -1.43. The second kappa shape index (κ2) is 6.35. The summed E-state index contributed by atoms with van der Waals surface area (Å²) in [5.41, 5.74) is 0. The van der Waals surface area contributed by atoms with Crippen LogP contribution in [-0.2, 0) is 14.8 Å². The van der Waals surface area contributed by atoms with Crippen LogP contribution >= 0.6 is 11.3 Å². The predicted octanol–water partition coefficient (Wildman–Crippen LogP) is 0.911. The molecule has 1 fully saturated rings. The van der Waals surface area contributed by atoms with Gasteiger partial charge in [0.1, 0.15) is 15.2 Å². The quantitative estimate of drug-likeness (QED) is 0.875. The van der Waals surface area contributed by atoms with E-state index >= 15 is 0 Å². The van der Waals surface area contributed by atoms with Crippen LogP contribution in [0.2, 0.25) is 0 Å². The van der Waals surface area contributed by atoms with Crippen molar-refractivity contribution in [2.45, 2.75) is 23.5 Å². The molecule has 20 heavy (non-hydrogen) atoms. The van der Waals surface area contributed by atoms with Crippen molar-refractivity contribution in [1.82, 2.24) is 9.62 Å². The van der Waals surface area contributed by atoms with E-state index in [1.165, 1.54) is 12.1 Å². The number of rotatable bonds is 5. The Bertz CT molecular complexity index is 625. The third-order valence-electron chi connectivity index (χ3n) is 3.05. The lowest BCUT2D eigenvalue weighted by atomic mass is 10.4. The van der Waals surface area contributed by atoms with Crippen LogP contribution in [0.15, 0.2) is 16.3 Å². The SMILES string of the molecule is N#Cc1ccc(S(=O)(=O)NCCC(=O)N2CCCC2)s1. The van der Waals surface area contributed by atoms with Crippen LogP contribution < -0.4 is 4.72 Å². The lowest BCUT2D eigenvalue weighted by molar-refractivity contribution is -0.129. The summed E-state index contributed by atoms with van der Waals surface area (Å²) < 4.78 is 26.4. The predicted molar refractivity (Wildman–Crippen MR) is 74.7 cm³/mol. The van der Waals surface area contributed by atoms with Gasteiger partial charge in [-0.1, -0.05) is 0 Å². The van der Waals surface area contributed by atoms with Crippen molar-refractivity contribution in [3.05, 3.63) is 17.0 Å². The van der Waals surface area contributed by atoms with E-state index < -0.39 is 10.0 Å². The van der Waals surface area contributed by atoms with Crippen molar-refractivity contribution in [3.63, 3.8) is 0 Å². The van der Waals surface area contributed by atoms with Crippen LogP contribution in [0.25, 0.3) is 0 Å². The Balaban J connectivity index is 1.86. The van der Waals surface area contributed by atoms with Gasteiger partial charge in [-0.2, -0.15) is 5.26 Å². The molecule has 1 aromatic rings. The normalized spacial score (nSPS) is 15.2. The van der Waals surface area contributed by atoms with Gasteiger partial charge in [0.15, 0.2) is 0 Å². The number of hydrogen-bond acceptors (Lipinski definition) is 5. The highest BCUT2D eigenvalue weighted by atomic mass is 32.2. The second-order valence-electron chi connectivity index (χ2n) is 4.47. The number of thiophene rings is 1. The monoisotopic (exact) mass is 313 g/mol. The molecule has 0 aliphatic carbocycles. The molecular weight excluding hydrogens is 298 g/mol. The number of likely N-dealkylation sites (tertiary alicyclic amines) is 1. The highest BCUT2D eigenvalue weighted by Crippen LogP contribution is 2.20. The number of nitriles is 1. The van der Waals surface area contributed by atoms with Crippen molar-refractivity contribution in [2.75, 3.05) is 19.6 Å². The molecule has 0 aromatic carbocycles. The van der Waals surface area contributed by atoms with Crippen LogP contribution in [0, 0.1) is 11.3 Å². The number of amides is 1. The zero-order chi connectivity index (χ0) is 14.6. The third-order valence-corrected chi connectivity index (χ3v) is 5.99. The minimum absolute atomic E-state index is 0.0194. The first kappa shape index (κ1) is 15.0. The molecule has 1 amide bonds. The molecule has 1 N–H and O–H groups in total. The maximum Gasteiger partial charge on any atom is 0.250 e. The number of carbonyl (C=O) groups excluding carboxylic acids is 1. The topological polar surface area (TPSA) is 90.3 Å². The first-order valence-electron chi connectivity index (χ1n) is 6.30.